The van der Waals surface area contributed by atoms with Crippen molar-refractivity contribution in [1.82, 2.24) is 0 Å². The van der Waals surface area contributed by atoms with Gasteiger partial charge in [0.15, 0.2) is 11.6 Å². The van der Waals surface area contributed by atoms with Gasteiger partial charge in [-0.05, 0) is 30.4 Å². The average Bonchev–Trinajstić information content (AvgIpc) is 2.82. The van der Waals surface area contributed by atoms with Gasteiger partial charge in [0, 0.05) is 12.2 Å². The summed E-state index contributed by atoms with van der Waals surface area (Å²) in [5.41, 5.74) is 5.56. The highest BCUT2D eigenvalue weighted by Crippen LogP contribution is 2.45. The van der Waals surface area contributed by atoms with Crippen LogP contribution < -0.4 is 11.1 Å². The first-order valence-corrected chi connectivity index (χ1v) is 4.99. The van der Waals surface area contributed by atoms with Gasteiger partial charge in [0.05, 0.1) is 0 Å². The zero-order valence-electron chi connectivity index (χ0n) is 8.61. The predicted molar refractivity (Wildman–Crippen MR) is 56.6 cm³/mol. The normalized spacial score (nSPS) is 17.5. The summed E-state index contributed by atoms with van der Waals surface area (Å²) in [6.07, 6.45) is 2.22. The van der Waals surface area contributed by atoms with Crippen molar-refractivity contribution in [3.8, 4) is 0 Å². The maximum atomic E-state index is 13.3. The fourth-order valence-corrected chi connectivity index (χ4v) is 1.45. The first-order chi connectivity index (χ1) is 7.00. The molecule has 1 aromatic carbocycles. The average molecular weight is 212 g/mol. The topological polar surface area (TPSA) is 38.0 Å². The van der Waals surface area contributed by atoms with E-state index in [0.717, 1.165) is 25.0 Å². The zero-order valence-corrected chi connectivity index (χ0v) is 8.61. The highest BCUT2D eigenvalue weighted by molar-refractivity contribution is 5.54. The van der Waals surface area contributed by atoms with Crippen molar-refractivity contribution < 1.29 is 8.78 Å². The number of rotatable bonds is 3. The molecule has 0 bridgehead atoms. The quantitative estimate of drug-likeness (QED) is 0.756. The molecule has 2 nitrogen and oxygen atoms in total. The van der Waals surface area contributed by atoms with Gasteiger partial charge >= 0.3 is 0 Å². The Balaban J connectivity index is 2.13. The highest BCUT2D eigenvalue weighted by atomic mass is 19.1. The molecule has 1 fully saturated rings. The molecule has 2 rings (SSSR count). The summed E-state index contributed by atoms with van der Waals surface area (Å²) in [5.74, 6) is -1.26. The van der Waals surface area contributed by atoms with E-state index in [2.05, 4.69) is 12.2 Å². The second kappa shape index (κ2) is 3.36. The molecule has 15 heavy (non-hydrogen) atoms. The number of halogens is 2. The molecule has 4 heteroatoms. The van der Waals surface area contributed by atoms with Crippen LogP contribution >= 0.6 is 0 Å². The largest absolute Gasteiger partial charge is 0.399 e. The van der Waals surface area contributed by atoms with Crippen LogP contribution in [0.4, 0.5) is 20.2 Å². The molecule has 1 aliphatic rings. The van der Waals surface area contributed by atoms with Gasteiger partial charge in [0.25, 0.3) is 0 Å². The van der Waals surface area contributed by atoms with Crippen molar-refractivity contribution in [2.45, 2.75) is 19.8 Å². The number of anilines is 2. The third-order valence-electron chi connectivity index (χ3n) is 2.86. The second-order valence-electron chi connectivity index (χ2n) is 4.52. The number of benzene rings is 1. The molecule has 0 amide bonds. The standard InChI is InChI=1S/C11H14F2N2/c1-11(2-3-11)6-15-10-8(12)4-7(14)5-9(10)13/h4-5,15H,2-3,6,14H2,1H3. The van der Waals surface area contributed by atoms with E-state index in [9.17, 15) is 8.78 Å². The Bertz CT molecular complexity index is 363. The van der Waals surface area contributed by atoms with Gasteiger partial charge in [-0.25, -0.2) is 8.78 Å². The number of nitrogen functional groups attached to an aromatic ring is 1. The van der Waals surface area contributed by atoms with Crippen LogP contribution in [0.15, 0.2) is 12.1 Å². The monoisotopic (exact) mass is 212 g/mol. The van der Waals surface area contributed by atoms with Crippen LogP contribution in [-0.4, -0.2) is 6.54 Å². The van der Waals surface area contributed by atoms with Crippen LogP contribution in [0, 0.1) is 17.0 Å². The Morgan fingerprint density at radius 3 is 2.33 bits per heavy atom. The lowest BCUT2D eigenvalue weighted by molar-refractivity contribution is 0.571. The molecular formula is C11H14F2N2. The van der Waals surface area contributed by atoms with Gasteiger partial charge < -0.3 is 11.1 Å². The van der Waals surface area contributed by atoms with Gasteiger partial charge in [-0.1, -0.05) is 6.92 Å². The summed E-state index contributed by atoms with van der Waals surface area (Å²) in [6, 6.07) is 2.25. The van der Waals surface area contributed by atoms with Crippen molar-refractivity contribution in [1.29, 1.82) is 0 Å². The Hall–Kier alpha value is -1.32. The van der Waals surface area contributed by atoms with Crippen molar-refractivity contribution in [2.75, 3.05) is 17.6 Å². The van der Waals surface area contributed by atoms with Crippen LogP contribution in [0.5, 0.6) is 0 Å². The van der Waals surface area contributed by atoms with Gasteiger partial charge in [-0.15, -0.1) is 0 Å². The van der Waals surface area contributed by atoms with E-state index in [4.69, 9.17) is 5.73 Å². The minimum absolute atomic E-state index is 0.0719. The number of nitrogens with two attached hydrogens (primary N) is 1. The van der Waals surface area contributed by atoms with E-state index in [-0.39, 0.29) is 16.8 Å². The molecule has 0 atom stereocenters. The molecule has 0 aromatic heterocycles. The molecule has 1 aliphatic carbocycles. The number of nitrogens with one attached hydrogen (secondary N) is 1. The maximum absolute atomic E-state index is 13.3. The Labute approximate surface area is 87.5 Å². The van der Waals surface area contributed by atoms with Crippen molar-refractivity contribution in [2.24, 2.45) is 5.41 Å². The molecule has 0 heterocycles. The van der Waals surface area contributed by atoms with Crippen LogP contribution in [0.2, 0.25) is 0 Å². The summed E-state index contributed by atoms with van der Waals surface area (Å²) in [7, 11) is 0. The maximum Gasteiger partial charge on any atom is 0.151 e. The summed E-state index contributed by atoms with van der Waals surface area (Å²) in [4.78, 5) is 0. The van der Waals surface area contributed by atoms with Crippen LogP contribution in [-0.2, 0) is 0 Å². The summed E-state index contributed by atoms with van der Waals surface area (Å²) in [6.45, 7) is 2.69. The van der Waals surface area contributed by atoms with Crippen molar-refractivity contribution in [3.63, 3.8) is 0 Å². The fraction of sp³-hybridized carbons (Fsp3) is 0.455. The van der Waals surface area contributed by atoms with Gasteiger partial charge in [-0.2, -0.15) is 0 Å². The molecule has 0 saturated heterocycles. The molecule has 0 unspecified atom stereocenters. The van der Waals surface area contributed by atoms with E-state index in [1.807, 2.05) is 0 Å². The van der Waals surface area contributed by atoms with Gasteiger partial charge in [0.1, 0.15) is 5.69 Å². The molecule has 0 spiro atoms. The highest BCUT2D eigenvalue weighted by Gasteiger charge is 2.37. The van der Waals surface area contributed by atoms with Crippen molar-refractivity contribution in [3.05, 3.63) is 23.8 Å². The van der Waals surface area contributed by atoms with E-state index in [1.54, 1.807) is 0 Å². The van der Waals surface area contributed by atoms with Gasteiger partial charge in [0.2, 0.25) is 0 Å². The summed E-state index contributed by atoms with van der Waals surface area (Å²) in [5, 5.41) is 2.81. The van der Waals surface area contributed by atoms with Crippen LogP contribution in [0.3, 0.4) is 0 Å². The SMILES string of the molecule is CC1(CNc2c(F)cc(N)cc2F)CC1. The summed E-state index contributed by atoms with van der Waals surface area (Å²) < 4.78 is 26.6. The molecule has 0 aliphatic heterocycles. The lowest BCUT2D eigenvalue weighted by Crippen LogP contribution is -2.14. The Kier molecular flexibility index (Phi) is 2.29. The fourth-order valence-electron chi connectivity index (χ4n) is 1.45. The molecular weight excluding hydrogens is 198 g/mol. The van der Waals surface area contributed by atoms with E-state index >= 15 is 0 Å². The van der Waals surface area contributed by atoms with Crippen LogP contribution in [0.25, 0.3) is 0 Å². The molecule has 3 N–H and O–H groups in total. The van der Waals surface area contributed by atoms with E-state index in [1.165, 1.54) is 0 Å². The Morgan fingerprint density at radius 2 is 1.87 bits per heavy atom. The third kappa shape index (κ3) is 2.19. The van der Waals surface area contributed by atoms with Crippen LogP contribution in [0.1, 0.15) is 19.8 Å². The molecule has 1 aromatic rings. The minimum Gasteiger partial charge on any atom is -0.399 e. The summed E-state index contributed by atoms with van der Waals surface area (Å²) >= 11 is 0. The van der Waals surface area contributed by atoms with E-state index < -0.39 is 11.6 Å². The van der Waals surface area contributed by atoms with Crippen molar-refractivity contribution >= 4 is 11.4 Å². The Morgan fingerprint density at radius 1 is 1.33 bits per heavy atom. The minimum atomic E-state index is -0.628. The third-order valence-corrected chi connectivity index (χ3v) is 2.86. The second-order valence-corrected chi connectivity index (χ2v) is 4.52. The zero-order chi connectivity index (χ0) is 11.1. The lowest BCUT2D eigenvalue weighted by Gasteiger charge is -2.13. The molecule has 82 valence electrons. The lowest BCUT2D eigenvalue weighted by atomic mass is 10.1. The number of hydrogen-bond acceptors (Lipinski definition) is 2. The first kappa shape index (κ1) is 10.2. The predicted octanol–water partition coefficient (Wildman–Crippen LogP) is 2.76. The smallest absolute Gasteiger partial charge is 0.151 e. The number of hydrogen-bond donors (Lipinski definition) is 2. The molecule has 1 saturated carbocycles. The first-order valence-electron chi connectivity index (χ1n) is 4.99. The van der Waals surface area contributed by atoms with Gasteiger partial charge in [-0.3, -0.25) is 0 Å². The molecule has 0 radical (unpaired) electrons. The van der Waals surface area contributed by atoms with E-state index in [0.29, 0.717) is 6.54 Å².